The van der Waals surface area contributed by atoms with Gasteiger partial charge in [-0.2, -0.15) is 5.10 Å². The van der Waals surface area contributed by atoms with Crippen molar-refractivity contribution in [2.45, 2.75) is 26.8 Å². The van der Waals surface area contributed by atoms with Gasteiger partial charge in [-0.1, -0.05) is 12.1 Å². The minimum Gasteiger partial charge on any atom is -0.380 e. The molecule has 9 heteroatoms. The zero-order valence-corrected chi connectivity index (χ0v) is 18.1. The van der Waals surface area contributed by atoms with Crippen molar-refractivity contribution in [2.24, 2.45) is 4.99 Å². The molecule has 1 amide bonds. The number of H-pyrrole nitrogens is 1. The van der Waals surface area contributed by atoms with Crippen molar-refractivity contribution in [1.82, 2.24) is 15.5 Å². The number of benzene rings is 2. The molecule has 3 N–H and O–H groups in total. The summed E-state index contributed by atoms with van der Waals surface area (Å²) in [5.41, 5.74) is 2.05. The quantitative estimate of drug-likeness (QED) is 0.377. The largest absolute Gasteiger partial charge is 0.380 e. The number of hydrogen-bond acceptors (Lipinski definition) is 4. The molecule has 3 rings (SSSR count). The maximum atomic E-state index is 13.9. The number of rotatable bonds is 7. The molecule has 32 heavy (non-hydrogen) atoms. The molecule has 0 saturated carbocycles. The Morgan fingerprint density at radius 2 is 1.94 bits per heavy atom. The lowest BCUT2D eigenvalue weighted by Crippen LogP contribution is -2.37. The molecule has 0 aliphatic rings. The first-order valence-electron chi connectivity index (χ1n) is 10.2. The molecule has 2 aromatic carbocycles. The van der Waals surface area contributed by atoms with Crippen LogP contribution in [0.1, 0.15) is 29.8 Å². The highest BCUT2D eigenvalue weighted by Gasteiger charge is 2.13. The van der Waals surface area contributed by atoms with Gasteiger partial charge in [-0.05, 0) is 56.7 Å². The van der Waals surface area contributed by atoms with Crippen molar-refractivity contribution in [3.05, 3.63) is 71.3 Å². The number of aromatic amines is 1. The van der Waals surface area contributed by atoms with E-state index in [9.17, 15) is 13.6 Å². The first kappa shape index (κ1) is 23.1. The molecule has 1 atom stereocenters. The number of carbonyl (C=O) groups is 1. The summed E-state index contributed by atoms with van der Waals surface area (Å²) in [6.45, 7) is 6.31. The van der Waals surface area contributed by atoms with E-state index < -0.39 is 11.7 Å². The van der Waals surface area contributed by atoms with Crippen molar-refractivity contribution in [3.8, 4) is 11.3 Å². The number of guanidine groups is 1. The number of anilines is 1. The summed E-state index contributed by atoms with van der Waals surface area (Å²) < 4.78 is 32.5. The molecule has 168 valence electrons. The highest BCUT2D eigenvalue weighted by molar-refractivity contribution is 6.09. The van der Waals surface area contributed by atoms with Crippen LogP contribution in [0.15, 0.2) is 53.5 Å². The van der Waals surface area contributed by atoms with E-state index in [1.165, 1.54) is 30.3 Å². The zero-order valence-electron chi connectivity index (χ0n) is 18.1. The van der Waals surface area contributed by atoms with Crippen molar-refractivity contribution in [1.29, 1.82) is 0 Å². The topological polar surface area (TPSA) is 91.4 Å². The van der Waals surface area contributed by atoms with E-state index in [1.54, 1.807) is 25.1 Å². The van der Waals surface area contributed by atoms with Crippen molar-refractivity contribution >= 4 is 17.7 Å². The molecule has 0 aliphatic carbocycles. The monoisotopic (exact) mass is 441 g/mol. The van der Waals surface area contributed by atoms with Gasteiger partial charge in [0.25, 0.3) is 5.91 Å². The maximum Gasteiger partial charge on any atom is 0.257 e. The lowest BCUT2D eigenvalue weighted by molar-refractivity contribution is 0.0976. The lowest BCUT2D eigenvalue weighted by atomic mass is 10.1. The van der Waals surface area contributed by atoms with Gasteiger partial charge in [0.05, 0.1) is 18.3 Å². The molecule has 0 bridgehead atoms. The van der Waals surface area contributed by atoms with E-state index in [0.29, 0.717) is 35.9 Å². The van der Waals surface area contributed by atoms with Gasteiger partial charge in [0.15, 0.2) is 5.82 Å². The predicted molar refractivity (Wildman–Crippen MR) is 120 cm³/mol. The van der Waals surface area contributed by atoms with Gasteiger partial charge in [-0.15, -0.1) is 0 Å². The second-order valence-electron chi connectivity index (χ2n) is 7.20. The minimum absolute atomic E-state index is 0.152. The normalized spacial score (nSPS) is 12.5. The zero-order chi connectivity index (χ0) is 23.1. The molecule has 1 aromatic heterocycles. The van der Waals surface area contributed by atoms with E-state index in [2.05, 4.69) is 25.8 Å². The average molecular weight is 441 g/mol. The van der Waals surface area contributed by atoms with Crippen LogP contribution in [0.4, 0.5) is 14.6 Å². The van der Waals surface area contributed by atoms with Crippen LogP contribution in [0, 0.1) is 18.6 Å². The van der Waals surface area contributed by atoms with Crippen molar-refractivity contribution < 1.29 is 18.3 Å². The van der Waals surface area contributed by atoms with Gasteiger partial charge in [0.2, 0.25) is 5.96 Å². The van der Waals surface area contributed by atoms with Gasteiger partial charge < -0.3 is 10.1 Å². The van der Waals surface area contributed by atoms with Crippen molar-refractivity contribution in [3.63, 3.8) is 0 Å². The fourth-order valence-electron chi connectivity index (χ4n) is 2.84. The molecule has 0 unspecified atom stereocenters. The Morgan fingerprint density at radius 1 is 1.19 bits per heavy atom. The van der Waals surface area contributed by atoms with Crippen LogP contribution in [-0.2, 0) is 4.74 Å². The van der Waals surface area contributed by atoms with Crippen LogP contribution in [0.5, 0.6) is 0 Å². The van der Waals surface area contributed by atoms with Gasteiger partial charge in [-0.3, -0.25) is 15.2 Å². The number of ether oxygens (including phenoxy) is 1. The maximum absolute atomic E-state index is 13.9. The van der Waals surface area contributed by atoms with Crippen molar-refractivity contribution in [2.75, 3.05) is 18.5 Å². The number of aliphatic imine (C=N–C) groups is 1. The molecule has 1 heterocycles. The van der Waals surface area contributed by atoms with Gasteiger partial charge in [0, 0.05) is 23.8 Å². The van der Waals surface area contributed by atoms with Crippen LogP contribution in [0.25, 0.3) is 11.3 Å². The van der Waals surface area contributed by atoms with E-state index in [0.717, 1.165) is 0 Å². The minimum atomic E-state index is -0.462. The van der Waals surface area contributed by atoms with Gasteiger partial charge >= 0.3 is 0 Å². The average Bonchev–Trinajstić information content (AvgIpc) is 3.23. The Kier molecular flexibility index (Phi) is 7.67. The first-order valence-corrected chi connectivity index (χ1v) is 10.2. The molecule has 0 aliphatic heterocycles. The molecule has 0 spiro atoms. The molecule has 0 fully saturated rings. The molecule has 0 radical (unpaired) electrons. The molecular weight excluding hydrogens is 416 g/mol. The predicted octanol–water partition coefficient (Wildman–Crippen LogP) is 4.29. The lowest BCUT2D eigenvalue weighted by Gasteiger charge is -2.13. The number of nitrogens with one attached hydrogen (secondary N) is 3. The third-order valence-electron chi connectivity index (χ3n) is 4.56. The summed E-state index contributed by atoms with van der Waals surface area (Å²) in [6.07, 6.45) is 0. The number of hydrogen-bond donors (Lipinski definition) is 3. The number of aromatic nitrogens is 2. The summed E-state index contributed by atoms with van der Waals surface area (Å²) >= 11 is 0. The molecule has 3 aromatic rings. The number of aryl methyl sites for hydroxylation is 1. The van der Waals surface area contributed by atoms with Gasteiger partial charge in [-0.25, -0.2) is 13.8 Å². The van der Waals surface area contributed by atoms with E-state index in [1.807, 2.05) is 13.8 Å². The number of carbonyl (C=O) groups excluding carboxylic acids is 1. The van der Waals surface area contributed by atoms with Crippen LogP contribution >= 0.6 is 0 Å². The Hall–Kier alpha value is -3.59. The number of nitrogens with zero attached hydrogens (tertiary/aromatic N) is 2. The third kappa shape index (κ3) is 6.21. The fraction of sp³-hybridized carbons (Fsp3) is 0.261. The Morgan fingerprint density at radius 3 is 2.62 bits per heavy atom. The van der Waals surface area contributed by atoms with E-state index >= 15 is 0 Å². The summed E-state index contributed by atoms with van der Waals surface area (Å²) in [4.78, 5) is 17.1. The second-order valence-corrected chi connectivity index (χ2v) is 7.20. The summed E-state index contributed by atoms with van der Waals surface area (Å²) in [6, 6.07) is 11.5. The summed E-state index contributed by atoms with van der Waals surface area (Å²) in [7, 11) is 0. The Labute approximate surface area is 184 Å². The summed E-state index contributed by atoms with van der Waals surface area (Å²) in [5.74, 6) is -0.681. The highest BCUT2D eigenvalue weighted by atomic mass is 19.1. The SMILES string of the molecule is CCOC[C@H](C)N=C(NC(=O)c1ccc(F)cc1)Nc1cc(-c2ccc(C)c(F)c2)[nH]n1. The van der Waals surface area contributed by atoms with Crippen LogP contribution < -0.4 is 10.6 Å². The molecular formula is C23H25F2N5O2. The molecule has 7 nitrogen and oxygen atoms in total. The van der Waals surface area contributed by atoms with Crippen LogP contribution in [0.2, 0.25) is 0 Å². The highest BCUT2D eigenvalue weighted by Crippen LogP contribution is 2.22. The van der Waals surface area contributed by atoms with E-state index in [-0.39, 0.29) is 23.4 Å². The van der Waals surface area contributed by atoms with Crippen LogP contribution in [0.3, 0.4) is 0 Å². The smallest absolute Gasteiger partial charge is 0.257 e. The fourth-order valence-corrected chi connectivity index (χ4v) is 2.84. The third-order valence-corrected chi connectivity index (χ3v) is 4.56. The van der Waals surface area contributed by atoms with Gasteiger partial charge in [0.1, 0.15) is 11.6 Å². The number of amides is 1. The Bertz CT molecular complexity index is 1100. The Balaban J connectivity index is 1.79. The number of halogens is 2. The standard InChI is InChI=1S/C23H25F2N5O2/c1-4-32-13-15(3)26-23(28-22(31)16-7-9-18(24)10-8-16)27-21-12-20(29-30-21)17-6-5-14(2)19(25)11-17/h5-12,15H,4,13H2,1-3H3,(H3,26,27,28,29,30,31)/t15-/m0/s1. The van der Waals surface area contributed by atoms with Crippen LogP contribution in [-0.4, -0.2) is 41.3 Å². The summed E-state index contributed by atoms with van der Waals surface area (Å²) in [5, 5.41) is 12.7. The second kappa shape index (κ2) is 10.6. The molecule has 0 saturated heterocycles. The van der Waals surface area contributed by atoms with E-state index in [4.69, 9.17) is 4.74 Å². The first-order chi connectivity index (χ1) is 15.4.